The fraction of sp³-hybridized carbons (Fsp3) is 0.750. The first-order valence-electron chi connectivity index (χ1n) is 11.0. The highest BCUT2D eigenvalue weighted by molar-refractivity contribution is 5.92. The highest BCUT2D eigenvalue weighted by Gasteiger charge is 2.59. The molecule has 4 aliphatic carbocycles. The molecular weight excluding hydrogens is 352 g/mol. The number of hydrogen-bond donors (Lipinski definition) is 1. The molecule has 3 saturated carbocycles. The van der Waals surface area contributed by atoms with Crippen LogP contribution in [0.4, 0.5) is 0 Å². The minimum Gasteiger partial charge on any atom is -0.515 e. The summed E-state index contributed by atoms with van der Waals surface area (Å²) in [6.45, 7) is 6.27. The van der Waals surface area contributed by atoms with E-state index in [-0.39, 0.29) is 34.6 Å². The molecule has 0 spiro atoms. The molecule has 0 aromatic carbocycles. The van der Waals surface area contributed by atoms with E-state index in [2.05, 4.69) is 19.9 Å². The lowest BCUT2D eigenvalue weighted by atomic mass is 9.47. The molecule has 0 amide bonds. The summed E-state index contributed by atoms with van der Waals surface area (Å²) in [6.07, 6.45) is 13.2. The van der Waals surface area contributed by atoms with Gasteiger partial charge in [-0.2, -0.15) is 0 Å². The van der Waals surface area contributed by atoms with Crippen molar-refractivity contribution in [2.45, 2.75) is 78.2 Å². The maximum absolute atomic E-state index is 12.6. The summed E-state index contributed by atoms with van der Waals surface area (Å²) in [7, 11) is 0. The van der Waals surface area contributed by atoms with E-state index in [4.69, 9.17) is 9.84 Å². The van der Waals surface area contributed by atoms with Gasteiger partial charge in [0.15, 0.2) is 5.78 Å². The maximum atomic E-state index is 12.6. The number of ether oxygens (including phenoxy) is 1. The number of aliphatic hydroxyl groups excluding tert-OH is 1. The molecule has 1 N–H and O–H groups in total. The lowest BCUT2D eigenvalue weighted by Crippen LogP contribution is -2.51. The first-order chi connectivity index (χ1) is 13.3. The van der Waals surface area contributed by atoms with E-state index in [1.807, 2.05) is 0 Å². The molecule has 0 aliphatic heterocycles. The Kier molecular flexibility index (Phi) is 4.96. The van der Waals surface area contributed by atoms with Gasteiger partial charge in [0.25, 0.3) is 0 Å². The Labute approximate surface area is 168 Å². The van der Waals surface area contributed by atoms with Gasteiger partial charge < -0.3 is 9.84 Å². The summed E-state index contributed by atoms with van der Waals surface area (Å²) >= 11 is 0. The lowest BCUT2D eigenvalue weighted by molar-refractivity contribution is -0.149. The SMILES string of the molecule is CC(=O)O[C@@H]1CC[C@@]2(C)C(=CC[C@@H]3[C@H]4CC[C@@H](C(=O)/C=C/O)[C@]4(C)CC[C@H]32)C1. The number of fused-ring (bicyclic) bond motifs is 5. The minimum atomic E-state index is -0.171. The van der Waals surface area contributed by atoms with Gasteiger partial charge in [0.05, 0.1) is 6.26 Å². The second-order valence-corrected chi connectivity index (χ2v) is 10.1. The fourth-order valence-electron chi connectivity index (χ4n) is 7.62. The van der Waals surface area contributed by atoms with Gasteiger partial charge in [-0.25, -0.2) is 0 Å². The van der Waals surface area contributed by atoms with E-state index in [1.165, 1.54) is 25.0 Å². The molecule has 0 unspecified atom stereocenters. The van der Waals surface area contributed by atoms with Crippen molar-refractivity contribution in [2.75, 3.05) is 0 Å². The zero-order valence-corrected chi connectivity index (χ0v) is 17.4. The van der Waals surface area contributed by atoms with E-state index in [0.717, 1.165) is 51.2 Å². The van der Waals surface area contributed by atoms with Gasteiger partial charge in [0.1, 0.15) is 6.10 Å². The van der Waals surface area contributed by atoms with Crippen molar-refractivity contribution in [3.8, 4) is 0 Å². The molecule has 154 valence electrons. The number of esters is 1. The van der Waals surface area contributed by atoms with Crippen molar-refractivity contribution in [2.24, 2.45) is 34.5 Å². The van der Waals surface area contributed by atoms with Gasteiger partial charge in [-0.15, -0.1) is 0 Å². The highest BCUT2D eigenvalue weighted by Crippen LogP contribution is 2.66. The van der Waals surface area contributed by atoms with Gasteiger partial charge in [-0.1, -0.05) is 25.5 Å². The van der Waals surface area contributed by atoms with E-state index < -0.39 is 0 Å². The Morgan fingerprint density at radius 1 is 1.14 bits per heavy atom. The van der Waals surface area contributed by atoms with Gasteiger partial charge in [-0.05, 0) is 73.5 Å². The second-order valence-electron chi connectivity index (χ2n) is 10.1. The minimum absolute atomic E-state index is 0.0426. The number of carbonyl (C=O) groups excluding carboxylic acids is 2. The summed E-state index contributed by atoms with van der Waals surface area (Å²) in [5, 5.41) is 9.06. The topological polar surface area (TPSA) is 63.6 Å². The summed E-state index contributed by atoms with van der Waals surface area (Å²) in [5.41, 5.74) is 1.78. The summed E-state index contributed by atoms with van der Waals surface area (Å²) in [4.78, 5) is 24.0. The van der Waals surface area contributed by atoms with Gasteiger partial charge in [0, 0.05) is 25.3 Å². The van der Waals surface area contributed by atoms with Crippen LogP contribution in [0, 0.1) is 34.5 Å². The molecule has 4 aliphatic rings. The molecule has 7 atom stereocenters. The Balaban J connectivity index is 1.57. The molecule has 3 fully saturated rings. The quantitative estimate of drug-likeness (QED) is 0.316. The van der Waals surface area contributed by atoms with Gasteiger partial charge in [-0.3, -0.25) is 9.59 Å². The number of allylic oxidation sites excluding steroid dienone is 2. The Hall–Kier alpha value is -1.58. The Morgan fingerprint density at radius 3 is 2.64 bits per heavy atom. The Bertz CT molecular complexity index is 722. The van der Waals surface area contributed by atoms with Crippen LogP contribution in [0.5, 0.6) is 0 Å². The molecule has 28 heavy (non-hydrogen) atoms. The highest BCUT2D eigenvalue weighted by atomic mass is 16.5. The van der Waals surface area contributed by atoms with E-state index in [9.17, 15) is 9.59 Å². The molecule has 0 bridgehead atoms. The fourth-order valence-corrected chi connectivity index (χ4v) is 7.62. The van der Waals surface area contributed by atoms with E-state index in [0.29, 0.717) is 17.8 Å². The molecule has 0 aromatic heterocycles. The second kappa shape index (κ2) is 7.03. The van der Waals surface area contributed by atoms with Crippen LogP contribution in [0.1, 0.15) is 72.1 Å². The molecule has 0 saturated heterocycles. The first-order valence-corrected chi connectivity index (χ1v) is 11.0. The number of rotatable bonds is 3. The normalized spacial score (nSPS) is 45.0. The van der Waals surface area contributed by atoms with Crippen molar-refractivity contribution >= 4 is 11.8 Å². The zero-order chi connectivity index (χ0) is 20.1. The van der Waals surface area contributed by atoms with Crippen LogP contribution in [0.15, 0.2) is 24.0 Å². The summed E-state index contributed by atoms with van der Waals surface area (Å²) < 4.78 is 5.53. The average molecular weight is 387 g/mol. The summed E-state index contributed by atoms with van der Waals surface area (Å²) in [5.74, 6) is 1.90. The van der Waals surface area contributed by atoms with Crippen molar-refractivity contribution < 1.29 is 19.4 Å². The standard InChI is InChI=1S/C24H34O4/c1-15(26)28-17-8-11-23(2)16(14-17)4-5-18-19-6-7-21(22(27)10-13-25)24(19,3)12-9-20(18)23/h4,10,13,17-21,25H,5-9,11-12,14H2,1-3H3/b13-10+/t17-,18-,19-,20-,21+,23+,24-/m1/s1. The monoisotopic (exact) mass is 386 g/mol. The van der Waals surface area contributed by atoms with Crippen LogP contribution < -0.4 is 0 Å². The number of hydrogen-bond acceptors (Lipinski definition) is 4. The number of aliphatic hydroxyl groups is 1. The van der Waals surface area contributed by atoms with Crippen molar-refractivity contribution in [1.82, 2.24) is 0 Å². The van der Waals surface area contributed by atoms with E-state index >= 15 is 0 Å². The maximum Gasteiger partial charge on any atom is 0.302 e. The van der Waals surface area contributed by atoms with Crippen molar-refractivity contribution in [1.29, 1.82) is 0 Å². The van der Waals surface area contributed by atoms with Crippen LogP contribution in [-0.4, -0.2) is 23.0 Å². The molecule has 4 heteroatoms. The van der Waals surface area contributed by atoms with Crippen LogP contribution in [-0.2, 0) is 14.3 Å². The average Bonchev–Trinajstić information content (AvgIpc) is 2.99. The molecule has 4 nitrogen and oxygen atoms in total. The third-order valence-corrected chi connectivity index (χ3v) is 8.97. The first kappa shape index (κ1) is 19.7. The largest absolute Gasteiger partial charge is 0.515 e. The van der Waals surface area contributed by atoms with Crippen LogP contribution in [0.2, 0.25) is 0 Å². The number of carbonyl (C=O) groups is 2. The molecular formula is C24H34O4. The predicted octanol–water partition coefficient (Wildman–Crippen LogP) is 5.14. The third-order valence-electron chi connectivity index (χ3n) is 8.97. The molecule has 0 aromatic rings. The summed E-state index contributed by atoms with van der Waals surface area (Å²) in [6, 6.07) is 0. The van der Waals surface area contributed by atoms with Crippen molar-refractivity contribution in [3.05, 3.63) is 24.0 Å². The molecule has 0 heterocycles. The molecule has 0 radical (unpaired) electrons. The Morgan fingerprint density at radius 2 is 1.93 bits per heavy atom. The predicted molar refractivity (Wildman–Crippen MR) is 108 cm³/mol. The van der Waals surface area contributed by atoms with Gasteiger partial charge >= 0.3 is 5.97 Å². The van der Waals surface area contributed by atoms with Crippen LogP contribution >= 0.6 is 0 Å². The zero-order valence-electron chi connectivity index (χ0n) is 17.4. The van der Waals surface area contributed by atoms with Crippen LogP contribution in [0.3, 0.4) is 0 Å². The third kappa shape index (κ3) is 2.95. The molecule has 4 rings (SSSR count). The smallest absolute Gasteiger partial charge is 0.302 e. The van der Waals surface area contributed by atoms with E-state index in [1.54, 1.807) is 0 Å². The van der Waals surface area contributed by atoms with Crippen molar-refractivity contribution in [3.63, 3.8) is 0 Å². The number of ketones is 1. The van der Waals surface area contributed by atoms with Crippen LogP contribution in [0.25, 0.3) is 0 Å². The lowest BCUT2D eigenvalue weighted by Gasteiger charge is -2.58. The van der Waals surface area contributed by atoms with Gasteiger partial charge in [0.2, 0.25) is 0 Å².